The Hall–Kier alpha value is -3.80. The number of hydrogen-bond donors (Lipinski definition) is 2. The summed E-state index contributed by atoms with van der Waals surface area (Å²) in [5.41, 5.74) is 1.32. The Labute approximate surface area is 156 Å². The second kappa shape index (κ2) is 8.53. The molecule has 0 radical (unpaired) electrons. The monoisotopic (exact) mass is 359 g/mol. The van der Waals surface area contributed by atoms with Crippen molar-refractivity contribution < 1.29 is 14.4 Å². The van der Waals surface area contributed by atoms with Gasteiger partial charge in [-0.3, -0.25) is 14.4 Å². The van der Waals surface area contributed by atoms with Crippen LogP contribution in [0.4, 0.5) is 5.82 Å². The van der Waals surface area contributed by atoms with E-state index in [2.05, 4.69) is 15.6 Å². The van der Waals surface area contributed by atoms with E-state index >= 15 is 0 Å². The Morgan fingerprint density at radius 2 is 1.33 bits per heavy atom. The number of benzene rings is 2. The topological polar surface area (TPSA) is 88.2 Å². The lowest BCUT2D eigenvalue weighted by Gasteiger charge is -2.07. The average Bonchev–Trinajstić information content (AvgIpc) is 2.73. The minimum atomic E-state index is -0.324. The number of pyridine rings is 1. The van der Waals surface area contributed by atoms with E-state index in [4.69, 9.17) is 0 Å². The number of carbonyl (C=O) groups is 3. The molecule has 0 fully saturated rings. The number of ketones is 1. The van der Waals surface area contributed by atoms with Crippen LogP contribution in [0.1, 0.15) is 31.1 Å². The molecule has 0 unspecified atom stereocenters. The quantitative estimate of drug-likeness (QED) is 0.663. The van der Waals surface area contributed by atoms with Crippen LogP contribution in [-0.2, 0) is 0 Å². The highest BCUT2D eigenvalue weighted by atomic mass is 16.2. The van der Waals surface area contributed by atoms with Gasteiger partial charge in [-0.1, -0.05) is 36.4 Å². The van der Waals surface area contributed by atoms with Crippen LogP contribution < -0.4 is 10.6 Å². The third-order valence-corrected chi connectivity index (χ3v) is 3.80. The van der Waals surface area contributed by atoms with Crippen molar-refractivity contribution in [2.45, 2.75) is 0 Å². The summed E-state index contributed by atoms with van der Waals surface area (Å²) >= 11 is 0. The Morgan fingerprint density at radius 1 is 0.741 bits per heavy atom. The van der Waals surface area contributed by atoms with Crippen LogP contribution >= 0.6 is 0 Å². The van der Waals surface area contributed by atoms with E-state index in [1.807, 2.05) is 12.1 Å². The second-order valence-electron chi connectivity index (χ2n) is 5.72. The van der Waals surface area contributed by atoms with Crippen molar-refractivity contribution in [2.75, 3.05) is 11.9 Å². The fraction of sp³-hybridized carbons (Fsp3) is 0.0476. The van der Waals surface area contributed by atoms with Crippen LogP contribution in [0.25, 0.3) is 0 Å². The predicted octanol–water partition coefficient (Wildman–Crippen LogP) is 2.95. The molecule has 2 aromatic carbocycles. The smallest absolute Gasteiger partial charge is 0.256 e. The molecule has 0 saturated carbocycles. The summed E-state index contributed by atoms with van der Waals surface area (Å²) in [6, 6.07) is 20.4. The zero-order valence-electron chi connectivity index (χ0n) is 14.4. The van der Waals surface area contributed by atoms with Crippen molar-refractivity contribution in [2.24, 2.45) is 0 Å². The van der Waals surface area contributed by atoms with Crippen molar-refractivity contribution >= 4 is 23.4 Å². The largest absolute Gasteiger partial charge is 0.345 e. The first-order chi connectivity index (χ1) is 13.1. The summed E-state index contributed by atoms with van der Waals surface area (Å²) in [6.07, 6.45) is 1.44. The van der Waals surface area contributed by atoms with E-state index in [1.165, 1.54) is 18.3 Å². The van der Waals surface area contributed by atoms with Gasteiger partial charge in [0, 0.05) is 22.9 Å². The molecule has 6 nitrogen and oxygen atoms in total. The number of Topliss-reactive ketones (excluding diaryl/α,β-unsaturated/α-hetero) is 1. The SMILES string of the molecule is O=C(CNC(=O)c1ccccc1)c1ccnc(NC(=O)c2ccccc2)c1. The van der Waals surface area contributed by atoms with Gasteiger partial charge >= 0.3 is 0 Å². The normalized spacial score (nSPS) is 10.1. The number of nitrogens with zero attached hydrogens (tertiary/aromatic N) is 1. The summed E-state index contributed by atoms with van der Waals surface area (Å²) in [4.78, 5) is 40.6. The molecule has 0 saturated heterocycles. The van der Waals surface area contributed by atoms with Gasteiger partial charge in [-0.25, -0.2) is 4.98 Å². The first-order valence-electron chi connectivity index (χ1n) is 8.32. The number of carbonyl (C=O) groups excluding carboxylic acids is 3. The highest BCUT2D eigenvalue weighted by Crippen LogP contribution is 2.10. The van der Waals surface area contributed by atoms with E-state index < -0.39 is 0 Å². The molecule has 3 rings (SSSR count). The molecule has 2 N–H and O–H groups in total. The Bertz CT molecular complexity index is 957. The fourth-order valence-corrected chi connectivity index (χ4v) is 2.40. The third-order valence-electron chi connectivity index (χ3n) is 3.80. The molecule has 1 heterocycles. The maximum Gasteiger partial charge on any atom is 0.256 e. The van der Waals surface area contributed by atoms with Gasteiger partial charge in [-0.15, -0.1) is 0 Å². The molecule has 0 aliphatic rings. The molecule has 1 aromatic heterocycles. The lowest BCUT2D eigenvalue weighted by molar-refractivity contribution is 0.0904. The van der Waals surface area contributed by atoms with Crippen LogP contribution in [0.2, 0.25) is 0 Å². The molecular formula is C21H17N3O3. The van der Waals surface area contributed by atoms with Crippen LogP contribution in [0.5, 0.6) is 0 Å². The lowest BCUT2D eigenvalue weighted by atomic mass is 10.1. The average molecular weight is 359 g/mol. The van der Waals surface area contributed by atoms with Crippen molar-refractivity contribution in [1.29, 1.82) is 0 Å². The number of anilines is 1. The molecular weight excluding hydrogens is 342 g/mol. The van der Waals surface area contributed by atoms with Gasteiger partial charge in [0.15, 0.2) is 5.78 Å². The Kier molecular flexibility index (Phi) is 5.69. The number of aromatic nitrogens is 1. The number of hydrogen-bond acceptors (Lipinski definition) is 4. The summed E-state index contributed by atoms with van der Waals surface area (Å²) in [5.74, 6) is -0.651. The van der Waals surface area contributed by atoms with E-state index in [1.54, 1.807) is 48.5 Å². The van der Waals surface area contributed by atoms with Gasteiger partial charge in [0.2, 0.25) is 0 Å². The molecule has 0 spiro atoms. The highest BCUT2D eigenvalue weighted by molar-refractivity contribution is 6.05. The molecule has 0 bridgehead atoms. The van der Waals surface area contributed by atoms with E-state index in [0.717, 1.165) is 0 Å². The molecule has 3 aromatic rings. The first-order valence-corrected chi connectivity index (χ1v) is 8.32. The molecule has 2 amide bonds. The third kappa shape index (κ3) is 4.85. The van der Waals surface area contributed by atoms with Gasteiger partial charge in [0.25, 0.3) is 11.8 Å². The van der Waals surface area contributed by atoms with Crippen LogP contribution in [-0.4, -0.2) is 29.1 Å². The molecule has 134 valence electrons. The Morgan fingerprint density at radius 3 is 1.96 bits per heavy atom. The minimum absolute atomic E-state index is 0.149. The van der Waals surface area contributed by atoms with E-state index in [9.17, 15) is 14.4 Å². The minimum Gasteiger partial charge on any atom is -0.345 e. The van der Waals surface area contributed by atoms with Gasteiger partial charge in [-0.2, -0.15) is 0 Å². The van der Waals surface area contributed by atoms with E-state index in [-0.39, 0.29) is 30.0 Å². The van der Waals surface area contributed by atoms with Crippen molar-refractivity contribution in [1.82, 2.24) is 10.3 Å². The summed E-state index contributed by atoms with van der Waals surface area (Å²) in [6.45, 7) is -0.149. The van der Waals surface area contributed by atoms with Gasteiger partial charge in [0.1, 0.15) is 5.82 Å². The maximum atomic E-state index is 12.3. The summed E-state index contributed by atoms with van der Waals surface area (Å²) in [5, 5.41) is 5.24. The van der Waals surface area contributed by atoms with Crippen molar-refractivity contribution in [3.63, 3.8) is 0 Å². The predicted molar refractivity (Wildman–Crippen MR) is 102 cm³/mol. The number of rotatable bonds is 6. The highest BCUT2D eigenvalue weighted by Gasteiger charge is 2.12. The molecule has 0 atom stereocenters. The Balaban J connectivity index is 1.62. The van der Waals surface area contributed by atoms with Gasteiger partial charge in [0.05, 0.1) is 6.54 Å². The zero-order valence-corrected chi connectivity index (χ0v) is 14.4. The van der Waals surface area contributed by atoms with Crippen LogP contribution in [0.15, 0.2) is 79.0 Å². The zero-order chi connectivity index (χ0) is 19.1. The molecule has 0 aliphatic carbocycles. The molecule has 6 heteroatoms. The second-order valence-corrected chi connectivity index (χ2v) is 5.72. The van der Waals surface area contributed by atoms with Crippen LogP contribution in [0.3, 0.4) is 0 Å². The molecule has 27 heavy (non-hydrogen) atoms. The van der Waals surface area contributed by atoms with Crippen LogP contribution in [0, 0.1) is 0 Å². The van der Waals surface area contributed by atoms with E-state index in [0.29, 0.717) is 16.7 Å². The molecule has 0 aliphatic heterocycles. The first kappa shape index (κ1) is 18.0. The van der Waals surface area contributed by atoms with Crippen molar-refractivity contribution in [3.05, 3.63) is 95.7 Å². The number of nitrogens with one attached hydrogen (secondary N) is 2. The lowest BCUT2D eigenvalue weighted by Crippen LogP contribution is -2.29. The van der Waals surface area contributed by atoms with Crippen molar-refractivity contribution in [3.8, 4) is 0 Å². The fourth-order valence-electron chi connectivity index (χ4n) is 2.40. The standard InChI is InChI=1S/C21H17N3O3/c25-18(14-23-20(26)15-7-3-1-4-8-15)17-11-12-22-19(13-17)24-21(27)16-9-5-2-6-10-16/h1-13H,14H2,(H,23,26)(H,22,24,27). The van der Waals surface area contributed by atoms with Gasteiger partial charge < -0.3 is 10.6 Å². The van der Waals surface area contributed by atoms with Gasteiger partial charge in [-0.05, 0) is 36.4 Å². The number of amides is 2. The summed E-state index contributed by atoms with van der Waals surface area (Å²) < 4.78 is 0. The summed E-state index contributed by atoms with van der Waals surface area (Å²) in [7, 11) is 0. The maximum absolute atomic E-state index is 12.3.